The van der Waals surface area contributed by atoms with Crippen molar-refractivity contribution < 1.29 is 15.0 Å². The number of phenols is 1. The van der Waals surface area contributed by atoms with E-state index in [2.05, 4.69) is 30.3 Å². The Morgan fingerprint density at radius 3 is 2.04 bits per heavy atom. The molecule has 0 aliphatic carbocycles. The molecule has 0 amide bonds. The maximum atomic E-state index is 9.84. The Kier molecular flexibility index (Phi) is 3.62. The Morgan fingerprint density at radius 1 is 0.760 bits per heavy atom. The van der Waals surface area contributed by atoms with E-state index in [0.717, 1.165) is 43.3 Å². The lowest BCUT2D eigenvalue weighted by Gasteiger charge is -2.13. The Labute approximate surface area is 146 Å². The average molecular weight is 328 g/mol. The minimum Gasteiger partial charge on any atom is -0.508 e. The van der Waals surface area contributed by atoms with Crippen LogP contribution in [-0.2, 0) is 0 Å². The Balaban J connectivity index is 2.02. The lowest BCUT2D eigenvalue weighted by atomic mass is 9.91. The van der Waals surface area contributed by atoms with Gasteiger partial charge in [0.15, 0.2) is 0 Å². The lowest BCUT2D eigenvalue weighted by Crippen LogP contribution is -2.27. The van der Waals surface area contributed by atoms with Crippen LogP contribution in [0.2, 0.25) is 0 Å². The topological polar surface area (TPSA) is 44.3 Å². The third-order valence-electron chi connectivity index (χ3n) is 4.54. The van der Waals surface area contributed by atoms with Crippen LogP contribution < -0.4 is 4.73 Å². The molecule has 0 saturated heterocycles. The number of rotatable bonds is 2. The van der Waals surface area contributed by atoms with Crippen LogP contribution in [0.4, 0.5) is 0 Å². The molecule has 0 spiro atoms. The van der Waals surface area contributed by atoms with Crippen molar-refractivity contribution in [3.8, 4) is 28.0 Å². The summed E-state index contributed by atoms with van der Waals surface area (Å²) in [5.41, 5.74) is 5.20. The van der Waals surface area contributed by atoms with E-state index in [-0.39, 0.29) is 0 Å². The van der Waals surface area contributed by atoms with Gasteiger partial charge in [-0.2, -0.15) is 0 Å². The highest BCUT2D eigenvalue weighted by atomic mass is 16.5. The highest BCUT2D eigenvalue weighted by molar-refractivity contribution is 6.06. The minimum atomic E-state index is 0.305. The molecule has 0 fully saturated rings. The minimum absolute atomic E-state index is 0.305. The Hall–Kier alpha value is -3.33. The zero-order valence-corrected chi connectivity index (χ0v) is 13.8. The molecule has 0 bridgehead atoms. The number of nitrogens with zero attached hydrogens (tertiary/aromatic N) is 1. The van der Waals surface area contributed by atoms with Gasteiger partial charge in [0.05, 0.1) is 0 Å². The monoisotopic (exact) mass is 328 g/mol. The largest absolute Gasteiger partial charge is 0.508 e. The summed E-state index contributed by atoms with van der Waals surface area (Å²) in [7, 11) is 0. The van der Waals surface area contributed by atoms with E-state index in [9.17, 15) is 10.3 Å². The van der Waals surface area contributed by atoms with Crippen LogP contribution in [0, 0.1) is 6.92 Å². The standard InChI is InChI=1S/C22H17NO2/c1-15-14-18(8-9-21(15)24)20-7-3-5-17-4-2-6-19(22(17)20)16-10-12-23(25)13-11-16/h2-14H,1H3,(H-,24,25)/p+1. The molecule has 4 aromatic rings. The number of phenolic OH excluding ortho intramolecular Hbond substituents is 1. The molecule has 0 aliphatic heterocycles. The van der Waals surface area contributed by atoms with Crippen LogP contribution >= 0.6 is 0 Å². The maximum absolute atomic E-state index is 9.84. The smallest absolute Gasteiger partial charge is 0.222 e. The van der Waals surface area contributed by atoms with Gasteiger partial charge in [-0.15, -0.1) is 0 Å². The van der Waals surface area contributed by atoms with Gasteiger partial charge in [0.25, 0.3) is 0 Å². The number of hydrogen-bond donors (Lipinski definition) is 2. The van der Waals surface area contributed by atoms with Gasteiger partial charge in [0, 0.05) is 16.9 Å². The molecule has 0 atom stereocenters. The molecule has 3 aromatic carbocycles. The van der Waals surface area contributed by atoms with Crippen molar-refractivity contribution in [3.05, 3.63) is 84.7 Å². The average Bonchev–Trinajstić information content (AvgIpc) is 2.64. The van der Waals surface area contributed by atoms with E-state index in [1.54, 1.807) is 18.5 Å². The number of aryl methyl sites for hydroxylation is 1. The third kappa shape index (κ3) is 2.70. The Bertz CT molecular complexity index is 1060. The fraction of sp³-hybridized carbons (Fsp3) is 0.0455. The lowest BCUT2D eigenvalue weighted by molar-refractivity contribution is -0.904. The SMILES string of the molecule is Cc1cc(-c2cccc3cccc(-c4cc[n+](O)cc4)c23)ccc1O. The fourth-order valence-corrected chi connectivity index (χ4v) is 3.24. The van der Waals surface area contributed by atoms with Gasteiger partial charge in [0.2, 0.25) is 12.4 Å². The number of fused-ring (bicyclic) bond motifs is 1. The summed E-state index contributed by atoms with van der Waals surface area (Å²) in [4.78, 5) is 0. The number of aromatic hydroxyl groups is 1. The summed E-state index contributed by atoms with van der Waals surface area (Å²) in [5.74, 6) is 0.305. The molecule has 3 nitrogen and oxygen atoms in total. The predicted octanol–water partition coefficient (Wildman–Crippen LogP) is 4.71. The number of pyridine rings is 1. The van der Waals surface area contributed by atoms with Crippen molar-refractivity contribution in [3.63, 3.8) is 0 Å². The molecule has 122 valence electrons. The van der Waals surface area contributed by atoms with Crippen LogP contribution in [0.3, 0.4) is 0 Å². The molecule has 3 heteroatoms. The van der Waals surface area contributed by atoms with Gasteiger partial charge < -0.3 is 5.11 Å². The number of aromatic nitrogens is 1. The molecular weight excluding hydrogens is 310 g/mol. The summed E-state index contributed by atoms with van der Waals surface area (Å²) in [5, 5.41) is 21.6. The highest BCUT2D eigenvalue weighted by Crippen LogP contribution is 2.37. The van der Waals surface area contributed by atoms with Gasteiger partial charge in [0.1, 0.15) is 5.75 Å². The molecule has 0 aliphatic rings. The maximum Gasteiger partial charge on any atom is 0.222 e. The zero-order chi connectivity index (χ0) is 17.4. The van der Waals surface area contributed by atoms with Crippen LogP contribution in [-0.4, -0.2) is 10.3 Å². The highest BCUT2D eigenvalue weighted by Gasteiger charge is 2.12. The molecule has 0 saturated carbocycles. The summed E-state index contributed by atoms with van der Waals surface area (Å²) in [6.07, 6.45) is 3.25. The molecule has 25 heavy (non-hydrogen) atoms. The van der Waals surface area contributed by atoms with E-state index >= 15 is 0 Å². The Morgan fingerprint density at radius 2 is 1.40 bits per heavy atom. The zero-order valence-electron chi connectivity index (χ0n) is 13.8. The summed E-state index contributed by atoms with van der Waals surface area (Å²) in [6.45, 7) is 1.90. The van der Waals surface area contributed by atoms with Gasteiger partial charge in [-0.3, -0.25) is 5.21 Å². The van der Waals surface area contributed by atoms with Crippen molar-refractivity contribution >= 4 is 10.8 Å². The molecule has 0 radical (unpaired) electrons. The third-order valence-corrected chi connectivity index (χ3v) is 4.54. The van der Waals surface area contributed by atoms with Gasteiger partial charge in [-0.1, -0.05) is 42.5 Å². The van der Waals surface area contributed by atoms with E-state index in [1.165, 1.54) is 0 Å². The van der Waals surface area contributed by atoms with E-state index in [0.29, 0.717) is 5.75 Å². The van der Waals surface area contributed by atoms with Crippen molar-refractivity contribution in [1.82, 2.24) is 0 Å². The molecule has 1 aromatic heterocycles. The van der Waals surface area contributed by atoms with Crippen molar-refractivity contribution in [2.75, 3.05) is 0 Å². The first-order valence-corrected chi connectivity index (χ1v) is 8.16. The van der Waals surface area contributed by atoms with Gasteiger partial charge in [-0.05, 0) is 57.6 Å². The second kappa shape index (κ2) is 5.95. The van der Waals surface area contributed by atoms with Gasteiger partial charge in [-0.25, -0.2) is 0 Å². The summed E-state index contributed by atoms with van der Waals surface area (Å²) >= 11 is 0. The molecule has 4 rings (SSSR count). The summed E-state index contributed by atoms with van der Waals surface area (Å²) < 4.78 is 1.04. The van der Waals surface area contributed by atoms with E-state index < -0.39 is 0 Å². The molecular formula is C22H18NO2+. The first kappa shape index (κ1) is 15.2. The van der Waals surface area contributed by atoms with Crippen LogP contribution in [0.25, 0.3) is 33.0 Å². The predicted molar refractivity (Wildman–Crippen MR) is 98.6 cm³/mol. The second-order valence-electron chi connectivity index (χ2n) is 6.18. The fourth-order valence-electron chi connectivity index (χ4n) is 3.24. The van der Waals surface area contributed by atoms with Crippen molar-refractivity contribution in [2.24, 2.45) is 0 Å². The van der Waals surface area contributed by atoms with E-state index in [4.69, 9.17) is 0 Å². The van der Waals surface area contributed by atoms with Crippen LogP contribution in [0.5, 0.6) is 5.75 Å². The van der Waals surface area contributed by atoms with Crippen LogP contribution in [0.1, 0.15) is 5.56 Å². The molecule has 2 N–H and O–H groups in total. The molecule has 1 heterocycles. The van der Waals surface area contributed by atoms with Crippen molar-refractivity contribution in [2.45, 2.75) is 6.92 Å². The molecule has 0 unspecified atom stereocenters. The normalized spacial score (nSPS) is 10.9. The second-order valence-corrected chi connectivity index (χ2v) is 6.18. The first-order valence-electron chi connectivity index (χ1n) is 8.16. The van der Waals surface area contributed by atoms with Crippen molar-refractivity contribution in [1.29, 1.82) is 0 Å². The van der Waals surface area contributed by atoms with E-state index in [1.807, 2.05) is 37.3 Å². The summed E-state index contributed by atoms with van der Waals surface area (Å²) in [6, 6.07) is 22.0. The van der Waals surface area contributed by atoms with Crippen LogP contribution in [0.15, 0.2) is 79.1 Å². The number of hydrogen-bond acceptors (Lipinski definition) is 2. The number of benzene rings is 3. The first-order chi connectivity index (χ1) is 12.1. The van der Waals surface area contributed by atoms with Gasteiger partial charge >= 0.3 is 0 Å². The quantitative estimate of drug-likeness (QED) is 0.413.